The zero-order valence-electron chi connectivity index (χ0n) is 8.51. The Labute approximate surface area is 93.5 Å². The molecule has 0 atom stereocenters. The summed E-state index contributed by atoms with van der Waals surface area (Å²) in [6, 6.07) is 10.7. The lowest BCUT2D eigenvalue weighted by Crippen LogP contribution is -2.23. The number of hydrogen-bond acceptors (Lipinski definition) is 5. The summed E-state index contributed by atoms with van der Waals surface area (Å²) < 4.78 is 0. The molecule has 1 aromatic carbocycles. The van der Waals surface area contributed by atoms with Crippen LogP contribution in [0.5, 0.6) is 0 Å². The summed E-state index contributed by atoms with van der Waals surface area (Å²) in [7, 11) is 0. The van der Waals surface area contributed by atoms with Crippen molar-refractivity contribution in [2.75, 3.05) is 23.7 Å². The largest absolute Gasteiger partial charge is 0.398 e. The second kappa shape index (κ2) is 5.24. The van der Waals surface area contributed by atoms with E-state index in [9.17, 15) is 0 Å². The quantitative estimate of drug-likeness (QED) is 0.593. The van der Waals surface area contributed by atoms with Crippen molar-refractivity contribution >= 4 is 11.4 Å². The van der Waals surface area contributed by atoms with Crippen molar-refractivity contribution in [3.8, 4) is 18.2 Å². The monoisotopic (exact) mass is 211 g/mol. The van der Waals surface area contributed by atoms with Crippen LogP contribution in [0.2, 0.25) is 0 Å². The number of nitrogen functional groups attached to an aromatic ring is 1. The van der Waals surface area contributed by atoms with Crippen molar-refractivity contribution in [2.24, 2.45) is 0 Å². The molecule has 5 nitrogen and oxygen atoms in total. The van der Waals surface area contributed by atoms with Crippen LogP contribution in [0.25, 0.3) is 0 Å². The van der Waals surface area contributed by atoms with Crippen LogP contribution in [0.4, 0.5) is 11.4 Å². The molecule has 0 aliphatic heterocycles. The molecule has 78 valence electrons. The molecule has 0 heterocycles. The van der Waals surface area contributed by atoms with Crippen molar-refractivity contribution in [3.63, 3.8) is 0 Å². The number of anilines is 2. The zero-order valence-corrected chi connectivity index (χ0v) is 8.51. The highest BCUT2D eigenvalue weighted by Gasteiger charge is 2.07. The van der Waals surface area contributed by atoms with E-state index in [0.717, 1.165) is 0 Å². The molecule has 0 aliphatic rings. The summed E-state index contributed by atoms with van der Waals surface area (Å²) in [4.78, 5) is 1.57. The minimum atomic E-state index is 0.0996. The van der Waals surface area contributed by atoms with Gasteiger partial charge in [-0.25, -0.2) is 0 Å². The lowest BCUT2D eigenvalue weighted by molar-refractivity contribution is 0.966. The van der Waals surface area contributed by atoms with Crippen molar-refractivity contribution in [2.45, 2.75) is 0 Å². The SMILES string of the molecule is N#CCN(CC#N)c1ccc(N)c(C#N)c1. The fraction of sp³-hybridized carbons (Fsp3) is 0.182. The Morgan fingerprint density at radius 3 is 2.25 bits per heavy atom. The van der Waals surface area contributed by atoms with Crippen LogP contribution in [0.1, 0.15) is 5.56 Å². The summed E-state index contributed by atoms with van der Waals surface area (Å²) in [5, 5.41) is 26.0. The predicted molar refractivity (Wildman–Crippen MR) is 59.0 cm³/mol. The maximum Gasteiger partial charge on any atom is 0.106 e. The van der Waals surface area contributed by atoms with Gasteiger partial charge >= 0.3 is 0 Å². The van der Waals surface area contributed by atoms with Crippen molar-refractivity contribution in [3.05, 3.63) is 23.8 Å². The lowest BCUT2D eigenvalue weighted by atomic mass is 10.1. The van der Waals surface area contributed by atoms with Gasteiger partial charge in [-0.2, -0.15) is 15.8 Å². The highest BCUT2D eigenvalue weighted by Crippen LogP contribution is 2.20. The van der Waals surface area contributed by atoms with E-state index >= 15 is 0 Å². The maximum absolute atomic E-state index is 8.81. The first kappa shape index (κ1) is 11.4. The number of nitriles is 3. The molecule has 0 saturated carbocycles. The third-order valence-electron chi connectivity index (χ3n) is 2.05. The average Bonchev–Trinajstić information content (AvgIpc) is 2.29. The summed E-state index contributed by atoms with van der Waals surface area (Å²) in [5.74, 6) is 0. The third kappa shape index (κ3) is 2.41. The predicted octanol–water partition coefficient (Wildman–Crippen LogP) is 0.994. The number of nitrogens with zero attached hydrogens (tertiary/aromatic N) is 4. The fourth-order valence-electron chi connectivity index (χ4n) is 1.25. The Hall–Kier alpha value is -2.71. The first-order valence-corrected chi connectivity index (χ1v) is 4.51. The van der Waals surface area contributed by atoms with Gasteiger partial charge in [-0.05, 0) is 18.2 Å². The van der Waals surface area contributed by atoms with Gasteiger partial charge in [-0.1, -0.05) is 0 Å². The number of nitrogens with two attached hydrogens (primary N) is 1. The van der Waals surface area contributed by atoms with Crippen LogP contribution < -0.4 is 10.6 Å². The van der Waals surface area contributed by atoms with E-state index in [4.69, 9.17) is 21.5 Å². The number of hydrogen-bond donors (Lipinski definition) is 1. The molecule has 0 saturated heterocycles. The maximum atomic E-state index is 8.81. The molecule has 0 spiro atoms. The minimum Gasteiger partial charge on any atom is -0.398 e. The smallest absolute Gasteiger partial charge is 0.106 e. The van der Waals surface area contributed by atoms with Crippen molar-refractivity contribution < 1.29 is 0 Å². The van der Waals surface area contributed by atoms with Gasteiger partial charge in [-0.15, -0.1) is 0 Å². The third-order valence-corrected chi connectivity index (χ3v) is 2.05. The van der Waals surface area contributed by atoms with E-state index in [1.54, 1.807) is 23.1 Å². The second-order valence-corrected chi connectivity index (χ2v) is 3.06. The Bertz CT molecular complexity index is 485. The average molecular weight is 211 g/mol. The molecule has 0 radical (unpaired) electrons. The first-order valence-electron chi connectivity index (χ1n) is 4.51. The van der Waals surface area contributed by atoms with Crippen molar-refractivity contribution in [1.29, 1.82) is 15.8 Å². The topological polar surface area (TPSA) is 101 Å². The first-order chi connectivity index (χ1) is 7.72. The Morgan fingerprint density at radius 1 is 1.12 bits per heavy atom. The van der Waals surface area contributed by atoms with Crippen LogP contribution in [0.3, 0.4) is 0 Å². The molecule has 5 heteroatoms. The molecule has 2 N–H and O–H groups in total. The van der Waals surface area contributed by atoms with E-state index in [0.29, 0.717) is 16.9 Å². The Morgan fingerprint density at radius 2 is 1.75 bits per heavy atom. The molecule has 1 rings (SSSR count). The Balaban J connectivity index is 3.08. The molecule has 16 heavy (non-hydrogen) atoms. The lowest BCUT2D eigenvalue weighted by Gasteiger charge is -2.18. The minimum absolute atomic E-state index is 0.0996. The van der Waals surface area contributed by atoms with Gasteiger partial charge in [-0.3, -0.25) is 0 Å². The van der Waals surface area contributed by atoms with Gasteiger partial charge in [0.2, 0.25) is 0 Å². The second-order valence-electron chi connectivity index (χ2n) is 3.06. The zero-order chi connectivity index (χ0) is 12.0. The summed E-state index contributed by atoms with van der Waals surface area (Å²) >= 11 is 0. The van der Waals surface area contributed by atoms with Gasteiger partial charge < -0.3 is 10.6 Å². The molecule has 0 bridgehead atoms. The van der Waals surface area contributed by atoms with E-state index in [1.807, 2.05) is 18.2 Å². The molecule has 0 aromatic heterocycles. The summed E-state index contributed by atoms with van der Waals surface area (Å²) in [6.45, 7) is 0.199. The fourth-order valence-corrected chi connectivity index (χ4v) is 1.25. The summed E-state index contributed by atoms with van der Waals surface area (Å²) in [6.07, 6.45) is 0. The van der Waals surface area contributed by atoms with E-state index in [1.165, 1.54) is 0 Å². The molecule has 0 unspecified atom stereocenters. The van der Waals surface area contributed by atoms with Crippen LogP contribution in [0.15, 0.2) is 18.2 Å². The van der Waals surface area contributed by atoms with Crippen LogP contribution in [-0.2, 0) is 0 Å². The number of rotatable bonds is 3. The van der Waals surface area contributed by atoms with Crippen LogP contribution in [-0.4, -0.2) is 13.1 Å². The van der Waals surface area contributed by atoms with E-state index < -0.39 is 0 Å². The van der Waals surface area contributed by atoms with Gasteiger partial charge in [0.25, 0.3) is 0 Å². The molecular weight excluding hydrogens is 202 g/mol. The highest BCUT2D eigenvalue weighted by atomic mass is 15.1. The van der Waals surface area contributed by atoms with E-state index in [2.05, 4.69) is 0 Å². The highest BCUT2D eigenvalue weighted by molar-refractivity contribution is 5.63. The van der Waals surface area contributed by atoms with Gasteiger partial charge in [0.15, 0.2) is 0 Å². The molecular formula is C11H9N5. The van der Waals surface area contributed by atoms with Crippen LogP contribution >= 0.6 is 0 Å². The normalized spacial score (nSPS) is 8.56. The van der Waals surface area contributed by atoms with Gasteiger partial charge in [0, 0.05) is 11.4 Å². The number of benzene rings is 1. The van der Waals surface area contributed by atoms with Gasteiger partial charge in [0.05, 0.1) is 17.7 Å². The molecule has 0 amide bonds. The Kier molecular flexibility index (Phi) is 3.72. The molecule has 0 fully saturated rings. The standard InChI is InChI=1S/C11H9N5/c12-3-5-16(6-4-13)10-1-2-11(15)9(7-10)8-14/h1-2,7H,5-6,15H2. The van der Waals surface area contributed by atoms with Gasteiger partial charge in [0.1, 0.15) is 19.2 Å². The van der Waals surface area contributed by atoms with E-state index in [-0.39, 0.29) is 13.1 Å². The van der Waals surface area contributed by atoms with Crippen molar-refractivity contribution in [1.82, 2.24) is 0 Å². The molecule has 1 aromatic rings. The summed E-state index contributed by atoms with van der Waals surface area (Å²) in [5.41, 5.74) is 6.96. The van der Waals surface area contributed by atoms with Crippen LogP contribution in [0, 0.1) is 34.0 Å². The molecule has 0 aliphatic carbocycles.